The average molecular weight is 318 g/mol. The Morgan fingerprint density at radius 2 is 2.09 bits per heavy atom. The number of fused-ring (bicyclic) bond motifs is 1. The zero-order valence-corrected chi connectivity index (χ0v) is 12.6. The molecule has 112 valence electrons. The lowest BCUT2D eigenvalue weighted by Crippen LogP contribution is -2.22. The second-order valence-electron chi connectivity index (χ2n) is 5.01. The molecule has 0 unspecified atom stereocenters. The Hall–Kier alpha value is -2.33. The maximum absolute atomic E-state index is 13.3. The number of benzene rings is 2. The van der Waals surface area contributed by atoms with E-state index in [0.717, 1.165) is 5.56 Å². The third-order valence-corrected chi connectivity index (χ3v) is 3.68. The number of amides is 1. The summed E-state index contributed by atoms with van der Waals surface area (Å²) in [6, 6.07) is 11.4. The molecule has 3 rings (SSSR count). The second kappa shape index (κ2) is 5.81. The molecule has 1 aromatic heterocycles. The number of halogens is 2. The predicted molar refractivity (Wildman–Crippen MR) is 83.5 cm³/mol. The van der Waals surface area contributed by atoms with Gasteiger partial charge in [-0.15, -0.1) is 0 Å². The quantitative estimate of drug-likeness (QED) is 0.774. The van der Waals surface area contributed by atoms with Crippen LogP contribution in [0.1, 0.15) is 21.7 Å². The molecule has 0 fully saturated rings. The first-order valence-corrected chi connectivity index (χ1v) is 7.13. The van der Waals surface area contributed by atoms with Crippen LogP contribution >= 0.6 is 11.6 Å². The van der Waals surface area contributed by atoms with Crippen LogP contribution in [0.5, 0.6) is 0 Å². The number of nitrogens with one attached hydrogen (secondary N) is 1. The third kappa shape index (κ3) is 2.83. The molecule has 1 amide bonds. The van der Waals surface area contributed by atoms with Gasteiger partial charge in [0.2, 0.25) is 0 Å². The van der Waals surface area contributed by atoms with Crippen LogP contribution in [0.15, 0.2) is 46.9 Å². The number of carbonyl (C=O) groups excluding carboxylic acids is 1. The van der Waals surface area contributed by atoms with E-state index in [1.807, 2.05) is 12.1 Å². The Labute approximate surface area is 131 Å². The fourth-order valence-corrected chi connectivity index (χ4v) is 2.53. The van der Waals surface area contributed by atoms with Gasteiger partial charge in [0.1, 0.15) is 11.4 Å². The van der Waals surface area contributed by atoms with Crippen molar-refractivity contribution in [2.24, 2.45) is 0 Å². The number of aryl methyl sites for hydroxylation is 1. The lowest BCUT2D eigenvalue weighted by molar-refractivity contribution is 0.0924. The molecule has 1 heterocycles. The largest absolute Gasteiger partial charge is 0.451 e. The molecule has 22 heavy (non-hydrogen) atoms. The normalized spacial score (nSPS) is 10.9. The van der Waals surface area contributed by atoms with Crippen molar-refractivity contribution >= 4 is 28.5 Å². The Morgan fingerprint density at radius 3 is 2.86 bits per heavy atom. The van der Waals surface area contributed by atoms with Crippen molar-refractivity contribution in [2.45, 2.75) is 13.5 Å². The minimum Gasteiger partial charge on any atom is -0.451 e. The van der Waals surface area contributed by atoms with Crippen molar-refractivity contribution < 1.29 is 13.6 Å². The van der Waals surface area contributed by atoms with Gasteiger partial charge in [0, 0.05) is 22.5 Å². The van der Waals surface area contributed by atoms with E-state index in [9.17, 15) is 9.18 Å². The molecule has 3 nitrogen and oxygen atoms in total. The maximum atomic E-state index is 13.3. The molecular weight excluding hydrogens is 305 g/mol. The van der Waals surface area contributed by atoms with E-state index in [1.54, 1.807) is 19.1 Å². The Morgan fingerprint density at radius 1 is 1.27 bits per heavy atom. The molecule has 0 aliphatic rings. The number of rotatable bonds is 3. The van der Waals surface area contributed by atoms with Crippen molar-refractivity contribution in [2.75, 3.05) is 0 Å². The van der Waals surface area contributed by atoms with E-state index in [0.29, 0.717) is 28.1 Å². The van der Waals surface area contributed by atoms with E-state index in [1.165, 1.54) is 18.2 Å². The first kappa shape index (κ1) is 14.6. The minimum atomic E-state index is -0.359. The molecule has 0 spiro atoms. The summed E-state index contributed by atoms with van der Waals surface area (Å²) >= 11 is 5.90. The monoisotopic (exact) mass is 317 g/mol. The van der Waals surface area contributed by atoms with Crippen molar-refractivity contribution in [1.82, 2.24) is 5.32 Å². The molecule has 0 atom stereocenters. The summed E-state index contributed by atoms with van der Waals surface area (Å²) < 4.78 is 18.8. The average Bonchev–Trinajstić information content (AvgIpc) is 2.82. The van der Waals surface area contributed by atoms with Crippen LogP contribution in [0.2, 0.25) is 5.02 Å². The number of hydrogen-bond donors (Lipinski definition) is 1. The molecular formula is C17H13ClFNO2. The van der Waals surface area contributed by atoms with Gasteiger partial charge in [-0.2, -0.15) is 0 Å². The number of carbonyl (C=O) groups is 1. The molecule has 3 aromatic rings. The highest BCUT2D eigenvalue weighted by Crippen LogP contribution is 2.26. The third-order valence-electron chi connectivity index (χ3n) is 3.45. The first-order valence-electron chi connectivity index (χ1n) is 6.76. The number of hydrogen-bond acceptors (Lipinski definition) is 2. The summed E-state index contributed by atoms with van der Waals surface area (Å²) in [5, 5.41) is 3.99. The van der Waals surface area contributed by atoms with Crippen molar-refractivity contribution in [3.63, 3.8) is 0 Å². The molecule has 0 saturated carbocycles. The summed E-state index contributed by atoms with van der Waals surface area (Å²) in [6.07, 6.45) is 0. The van der Waals surface area contributed by atoms with Gasteiger partial charge in [-0.1, -0.05) is 23.7 Å². The predicted octanol–water partition coefficient (Wildman–Crippen LogP) is 4.46. The Balaban J connectivity index is 1.82. The standard InChI is InChI=1S/C17H13ClFNO2/c1-10-14-8-13(19)5-6-15(14)22-16(10)17(21)20-9-11-3-2-4-12(18)7-11/h2-8H,9H2,1H3,(H,20,21). The zero-order valence-electron chi connectivity index (χ0n) is 11.8. The van der Waals surface area contributed by atoms with Crippen LogP contribution in [-0.4, -0.2) is 5.91 Å². The second-order valence-corrected chi connectivity index (χ2v) is 5.45. The number of furan rings is 1. The summed E-state index contributed by atoms with van der Waals surface area (Å²) in [4.78, 5) is 12.2. The van der Waals surface area contributed by atoms with E-state index in [-0.39, 0.29) is 17.5 Å². The summed E-state index contributed by atoms with van der Waals surface area (Å²) in [6.45, 7) is 2.07. The lowest BCUT2D eigenvalue weighted by atomic mass is 10.1. The molecule has 1 N–H and O–H groups in total. The molecule has 2 aromatic carbocycles. The smallest absolute Gasteiger partial charge is 0.287 e. The van der Waals surface area contributed by atoms with Crippen LogP contribution in [-0.2, 0) is 6.54 Å². The van der Waals surface area contributed by atoms with Crippen LogP contribution in [0, 0.1) is 12.7 Å². The fourth-order valence-electron chi connectivity index (χ4n) is 2.32. The van der Waals surface area contributed by atoms with E-state index in [2.05, 4.69) is 5.32 Å². The van der Waals surface area contributed by atoms with Crippen molar-refractivity contribution in [1.29, 1.82) is 0 Å². The molecule has 0 radical (unpaired) electrons. The molecule has 0 bridgehead atoms. The van der Waals surface area contributed by atoms with E-state index >= 15 is 0 Å². The molecule has 0 aliphatic carbocycles. The maximum Gasteiger partial charge on any atom is 0.287 e. The van der Waals surface area contributed by atoms with Gasteiger partial charge in [0.25, 0.3) is 5.91 Å². The highest BCUT2D eigenvalue weighted by molar-refractivity contribution is 6.30. The van der Waals surface area contributed by atoms with Crippen LogP contribution in [0.4, 0.5) is 4.39 Å². The van der Waals surface area contributed by atoms with Gasteiger partial charge < -0.3 is 9.73 Å². The summed E-state index contributed by atoms with van der Waals surface area (Å²) in [5.74, 6) is -0.501. The van der Waals surface area contributed by atoms with E-state index < -0.39 is 0 Å². The molecule has 0 aliphatic heterocycles. The minimum absolute atomic E-state index is 0.197. The topological polar surface area (TPSA) is 42.2 Å². The van der Waals surface area contributed by atoms with Crippen molar-refractivity contribution in [3.8, 4) is 0 Å². The summed E-state index contributed by atoms with van der Waals surface area (Å²) in [7, 11) is 0. The van der Waals surface area contributed by atoms with Gasteiger partial charge in [-0.25, -0.2) is 4.39 Å². The Kier molecular flexibility index (Phi) is 3.86. The Bertz CT molecular complexity index is 857. The van der Waals surface area contributed by atoms with Gasteiger partial charge in [-0.05, 0) is 42.8 Å². The van der Waals surface area contributed by atoms with Gasteiger partial charge in [0.15, 0.2) is 5.76 Å². The van der Waals surface area contributed by atoms with Crippen LogP contribution in [0.25, 0.3) is 11.0 Å². The van der Waals surface area contributed by atoms with Crippen LogP contribution < -0.4 is 5.32 Å². The van der Waals surface area contributed by atoms with Gasteiger partial charge in [-0.3, -0.25) is 4.79 Å². The van der Waals surface area contributed by atoms with Gasteiger partial charge >= 0.3 is 0 Å². The lowest BCUT2D eigenvalue weighted by Gasteiger charge is -2.04. The fraction of sp³-hybridized carbons (Fsp3) is 0.118. The highest BCUT2D eigenvalue weighted by atomic mass is 35.5. The van der Waals surface area contributed by atoms with Gasteiger partial charge in [0.05, 0.1) is 0 Å². The van der Waals surface area contributed by atoms with E-state index in [4.69, 9.17) is 16.0 Å². The zero-order chi connectivity index (χ0) is 15.7. The van der Waals surface area contributed by atoms with Crippen LogP contribution in [0.3, 0.4) is 0 Å². The highest BCUT2D eigenvalue weighted by Gasteiger charge is 2.17. The molecule has 5 heteroatoms. The first-order chi connectivity index (χ1) is 10.5. The summed E-state index contributed by atoms with van der Waals surface area (Å²) in [5.41, 5.74) is 2.01. The molecule has 0 saturated heterocycles. The SMILES string of the molecule is Cc1c(C(=O)NCc2cccc(Cl)c2)oc2ccc(F)cc12. The van der Waals surface area contributed by atoms with Crippen molar-refractivity contribution in [3.05, 3.63) is 70.2 Å².